The van der Waals surface area contributed by atoms with Gasteiger partial charge in [0.05, 0.1) is 5.69 Å². The highest BCUT2D eigenvalue weighted by molar-refractivity contribution is 7.98. The number of rotatable bonds is 3. The van der Waals surface area contributed by atoms with Crippen molar-refractivity contribution in [2.75, 3.05) is 11.6 Å². The SMILES string of the molecule is CSc1nc(Cl)c(C#N)c(Nc2c(C)cccc2F)n1. The molecular weight excluding hydrogens is 299 g/mol. The van der Waals surface area contributed by atoms with Gasteiger partial charge in [0.25, 0.3) is 0 Å². The number of anilines is 2. The molecule has 0 spiro atoms. The van der Waals surface area contributed by atoms with Crippen molar-refractivity contribution in [3.8, 4) is 6.07 Å². The Morgan fingerprint density at radius 2 is 2.15 bits per heavy atom. The van der Waals surface area contributed by atoms with Gasteiger partial charge < -0.3 is 5.32 Å². The summed E-state index contributed by atoms with van der Waals surface area (Å²) in [4.78, 5) is 8.14. The van der Waals surface area contributed by atoms with E-state index >= 15 is 0 Å². The summed E-state index contributed by atoms with van der Waals surface area (Å²) in [6, 6.07) is 6.63. The zero-order valence-electron chi connectivity index (χ0n) is 10.7. The molecule has 1 aromatic carbocycles. The van der Waals surface area contributed by atoms with Crippen molar-refractivity contribution >= 4 is 34.9 Å². The lowest BCUT2D eigenvalue weighted by atomic mass is 10.2. The summed E-state index contributed by atoms with van der Waals surface area (Å²) in [7, 11) is 0. The molecular formula is C13H10ClFN4S. The first-order valence-corrected chi connectivity index (χ1v) is 7.21. The Hall–Kier alpha value is -1.84. The van der Waals surface area contributed by atoms with E-state index in [9.17, 15) is 4.39 Å². The molecule has 4 nitrogen and oxygen atoms in total. The fourth-order valence-corrected chi connectivity index (χ4v) is 2.23. The molecule has 0 bridgehead atoms. The second-order valence-corrected chi connectivity index (χ2v) is 5.02. The first-order chi connectivity index (χ1) is 9.56. The van der Waals surface area contributed by atoms with Crippen LogP contribution in [0.1, 0.15) is 11.1 Å². The molecule has 0 saturated heterocycles. The van der Waals surface area contributed by atoms with Crippen LogP contribution < -0.4 is 5.32 Å². The van der Waals surface area contributed by atoms with E-state index in [0.717, 1.165) is 0 Å². The van der Waals surface area contributed by atoms with Crippen molar-refractivity contribution in [2.24, 2.45) is 0 Å². The molecule has 0 radical (unpaired) electrons. The molecule has 1 aromatic heterocycles. The fourth-order valence-electron chi connectivity index (χ4n) is 1.60. The summed E-state index contributed by atoms with van der Waals surface area (Å²) in [6.45, 7) is 1.76. The summed E-state index contributed by atoms with van der Waals surface area (Å²) in [5, 5.41) is 12.4. The van der Waals surface area contributed by atoms with Crippen molar-refractivity contribution in [3.05, 3.63) is 40.3 Å². The Balaban J connectivity index is 2.53. The van der Waals surface area contributed by atoms with Crippen LogP contribution in [-0.4, -0.2) is 16.2 Å². The number of aromatic nitrogens is 2. The zero-order valence-corrected chi connectivity index (χ0v) is 12.3. The van der Waals surface area contributed by atoms with Gasteiger partial charge in [-0.05, 0) is 24.8 Å². The first-order valence-electron chi connectivity index (χ1n) is 5.60. The molecule has 0 atom stereocenters. The number of para-hydroxylation sites is 1. The number of benzene rings is 1. The molecule has 0 fully saturated rings. The van der Waals surface area contributed by atoms with Crippen molar-refractivity contribution in [1.29, 1.82) is 5.26 Å². The molecule has 0 aliphatic heterocycles. The Bertz CT molecular complexity index is 679. The van der Waals surface area contributed by atoms with E-state index in [1.807, 2.05) is 6.07 Å². The topological polar surface area (TPSA) is 61.6 Å². The van der Waals surface area contributed by atoms with Gasteiger partial charge in [0.15, 0.2) is 16.1 Å². The van der Waals surface area contributed by atoms with Crippen LogP contribution in [-0.2, 0) is 0 Å². The van der Waals surface area contributed by atoms with E-state index in [4.69, 9.17) is 16.9 Å². The molecule has 1 N–H and O–H groups in total. The van der Waals surface area contributed by atoms with Gasteiger partial charge in [-0.1, -0.05) is 35.5 Å². The standard InChI is InChI=1S/C13H10ClFN4S/c1-7-4-3-5-9(15)10(7)17-12-8(6-16)11(14)18-13(19-12)20-2/h3-5H,1-2H3,(H,17,18,19). The molecule has 2 rings (SSSR count). The van der Waals surface area contributed by atoms with E-state index in [2.05, 4.69) is 15.3 Å². The van der Waals surface area contributed by atoms with Crippen LogP contribution in [0.2, 0.25) is 5.15 Å². The van der Waals surface area contributed by atoms with Gasteiger partial charge in [0.2, 0.25) is 0 Å². The van der Waals surface area contributed by atoms with Crippen molar-refractivity contribution in [1.82, 2.24) is 9.97 Å². The van der Waals surface area contributed by atoms with Crippen molar-refractivity contribution in [2.45, 2.75) is 12.1 Å². The minimum absolute atomic E-state index is 0.0448. The van der Waals surface area contributed by atoms with Crippen molar-refractivity contribution < 1.29 is 4.39 Å². The maximum Gasteiger partial charge on any atom is 0.190 e. The van der Waals surface area contributed by atoms with E-state index in [1.54, 1.807) is 25.3 Å². The summed E-state index contributed by atoms with van der Waals surface area (Å²) in [5.74, 6) is -0.223. The molecule has 2 aromatic rings. The lowest BCUT2D eigenvalue weighted by molar-refractivity contribution is 0.630. The van der Waals surface area contributed by atoms with Crippen LogP contribution in [0.25, 0.3) is 0 Å². The second kappa shape index (κ2) is 6.07. The fraction of sp³-hybridized carbons (Fsp3) is 0.154. The highest BCUT2D eigenvalue weighted by atomic mass is 35.5. The molecule has 20 heavy (non-hydrogen) atoms. The van der Waals surface area contributed by atoms with Crippen LogP contribution in [0.15, 0.2) is 23.4 Å². The van der Waals surface area contributed by atoms with Crippen LogP contribution in [0.3, 0.4) is 0 Å². The maximum atomic E-state index is 13.8. The Labute approximate surface area is 125 Å². The highest BCUT2D eigenvalue weighted by Gasteiger charge is 2.15. The van der Waals surface area contributed by atoms with Gasteiger partial charge in [-0.3, -0.25) is 0 Å². The normalized spacial score (nSPS) is 10.2. The number of hydrogen-bond acceptors (Lipinski definition) is 5. The van der Waals surface area contributed by atoms with Crippen LogP contribution in [0.4, 0.5) is 15.9 Å². The molecule has 0 aliphatic carbocycles. The van der Waals surface area contributed by atoms with Crippen LogP contribution >= 0.6 is 23.4 Å². The number of nitrogens with one attached hydrogen (secondary N) is 1. The summed E-state index contributed by atoms with van der Waals surface area (Å²) >= 11 is 7.22. The third-order valence-corrected chi connectivity index (χ3v) is 3.43. The van der Waals surface area contributed by atoms with E-state index in [1.165, 1.54) is 17.8 Å². The smallest absolute Gasteiger partial charge is 0.190 e. The number of aryl methyl sites for hydroxylation is 1. The second-order valence-electron chi connectivity index (χ2n) is 3.89. The van der Waals surface area contributed by atoms with E-state index in [0.29, 0.717) is 10.7 Å². The molecule has 0 aliphatic rings. The number of thioether (sulfide) groups is 1. The van der Waals surface area contributed by atoms with Gasteiger partial charge in [-0.25, -0.2) is 14.4 Å². The third kappa shape index (κ3) is 2.84. The quantitative estimate of drug-likeness (QED) is 0.529. The Morgan fingerprint density at radius 3 is 2.75 bits per heavy atom. The zero-order chi connectivity index (χ0) is 14.7. The average Bonchev–Trinajstić information content (AvgIpc) is 2.42. The Kier molecular flexibility index (Phi) is 4.42. The molecule has 7 heteroatoms. The summed E-state index contributed by atoms with van der Waals surface area (Å²) in [5.41, 5.74) is 1.06. The van der Waals surface area contributed by atoms with Gasteiger partial charge in [0, 0.05) is 0 Å². The number of nitriles is 1. The van der Waals surface area contributed by atoms with Gasteiger partial charge >= 0.3 is 0 Å². The minimum atomic E-state index is -0.422. The molecule has 0 unspecified atom stereocenters. The molecule has 1 heterocycles. The van der Waals surface area contributed by atoms with Crippen LogP contribution in [0.5, 0.6) is 0 Å². The molecule has 0 saturated carbocycles. The van der Waals surface area contributed by atoms with Crippen molar-refractivity contribution in [3.63, 3.8) is 0 Å². The predicted octanol–water partition coefficient (Wildman–Crippen LogP) is 3.91. The summed E-state index contributed by atoms with van der Waals surface area (Å²) < 4.78 is 13.8. The highest BCUT2D eigenvalue weighted by Crippen LogP contribution is 2.28. The summed E-state index contributed by atoms with van der Waals surface area (Å²) in [6.07, 6.45) is 1.79. The van der Waals surface area contributed by atoms with Gasteiger partial charge in [0.1, 0.15) is 17.4 Å². The monoisotopic (exact) mass is 308 g/mol. The van der Waals surface area contributed by atoms with Crippen LogP contribution in [0, 0.1) is 24.1 Å². The minimum Gasteiger partial charge on any atom is -0.336 e. The predicted molar refractivity (Wildman–Crippen MR) is 78.0 cm³/mol. The Morgan fingerprint density at radius 1 is 1.40 bits per heavy atom. The van der Waals surface area contributed by atoms with Gasteiger partial charge in [-0.15, -0.1) is 0 Å². The molecule has 102 valence electrons. The number of hydrogen-bond donors (Lipinski definition) is 1. The third-order valence-electron chi connectivity index (χ3n) is 2.60. The van der Waals surface area contributed by atoms with E-state index < -0.39 is 5.82 Å². The average molecular weight is 309 g/mol. The number of nitrogens with zero attached hydrogens (tertiary/aromatic N) is 3. The van der Waals surface area contributed by atoms with E-state index in [-0.39, 0.29) is 22.2 Å². The maximum absolute atomic E-state index is 13.8. The molecule has 0 amide bonds. The largest absolute Gasteiger partial charge is 0.336 e. The number of halogens is 2. The lowest BCUT2D eigenvalue weighted by Gasteiger charge is -2.12. The first kappa shape index (κ1) is 14.6. The van der Waals surface area contributed by atoms with Gasteiger partial charge in [-0.2, -0.15) is 5.26 Å². The lowest BCUT2D eigenvalue weighted by Crippen LogP contribution is -2.04.